The Kier molecular flexibility index (Phi) is 5.82. The van der Waals surface area contributed by atoms with Gasteiger partial charge in [0.1, 0.15) is 0 Å². The van der Waals surface area contributed by atoms with Crippen LogP contribution in [0.5, 0.6) is 0 Å². The monoisotopic (exact) mass is 215 g/mol. The van der Waals surface area contributed by atoms with Gasteiger partial charge in [0.25, 0.3) is 0 Å². The number of methoxy groups -OCH3 is 1. The van der Waals surface area contributed by atoms with Crippen molar-refractivity contribution in [2.45, 2.75) is 53.1 Å². The largest absolute Gasteiger partial charge is 0.379 e. The van der Waals surface area contributed by atoms with Gasteiger partial charge < -0.3 is 10.1 Å². The third kappa shape index (κ3) is 4.98. The van der Waals surface area contributed by atoms with Crippen molar-refractivity contribution < 1.29 is 4.74 Å². The van der Waals surface area contributed by atoms with E-state index in [9.17, 15) is 0 Å². The summed E-state index contributed by atoms with van der Waals surface area (Å²) < 4.78 is 5.47. The van der Waals surface area contributed by atoms with E-state index in [1.165, 1.54) is 6.42 Å². The molecular weight excluding hydrogens is 186 g/mol. The summed E-state index contributed by atoms with van der Waals surface area (Å²) in [4.78, 5) is 0. The fraction of sp³-hybridized carbons (Fsp3) is 1.00. The molecule has 0 fully saturated rings. The van der Waals surface area contributed by atoms with Gasteiger partial charge in [-0.05, 0) is 45.1 Å². The normalized spacial score (nSPS) is 16.8. The molecule has 0 heterocycles. The second kappa shape index (κ2) is 5.86. The minimum atomic E-state index is 0.00386. The molecule has 0 rings (SSSR count). The van der Waals surface area contributed by atoms with Crippen molar-refractivity contribution in [2.24, 2.45) is 11.3 Å². The quantitative estimate of drug-likeness (QED) is 0.704. The molecule has 2 nitrogen and oxygen atoms in total. The highest BCUT2D eigenvalue weighted by atomic mass is 16.5. The van der Waals surface area contributed by atoms with Crippen molar-refractivity contribution in [3.63, 3.8) is 0 Å². The van der Waals surface area contributed by atoms with Crippen molar-refractivity contribution in [1.29, 1.82) is 0 Å². The molecule has 0 radical (unpaired) electrons. The average Bonchev–Trinajstić information content (AvgIpc) is 2.15. The Morgan fingerprint density at radius 1 is 1.13 bits per heavy atom. The molecule has 1 atom stereocenters. The lowest BCUT2D eigenvalue weighted by Gasteiger charge is -2.36. The first-order chi connectivity index (χ1) is 6.77. The highest BCUT2D eigenvalue weighted by Gasteiger charge is 2.30. The molecule has 0 spiro atoms. The summed E-state index contributed by atoms with van der Waals surface area (Å²) in [6, 6.07) is 0. The Balaban J connectivity index is 4.31. The van der Waals surface area contributed by atoms with Crippen LogP contribution < -0.4 is 5.32 Å². The maximum absolute atomic E-state index is 5.47. The van der Waals surface area contributed by atoms with Crippen molar-refractivity contribution in [2.75, 3.05) is 20.7 Å². The van der Waals surface area contributed by atoms with Gasteiger partial charge in [-0.3, -0.25) is 0 Å². The van der Waals surface area contributed by atoms with E-state index in [1.807, 2.05) is 7.05 Å². The first-order valence-corrected chi connectivity index (χ1v) is 5.97. The van der Waals surface area contributed by atoms with E-state index in [0.29, 0.717) is 11.3 Å². The molecule has 15 heavy (non-hydrogen) atoms. The predicted octanol–water partition coefficient (Wildman–Crippen LogP) is 3.07. The van der Waals surface area contributed by atoms with E-state index in [2.05, 4.69) is 39.9 Å². The lowest BCUT2D eigenvalue weighted by atomic mass is 9.73. The highest BCUT2D eigenvalue weighted by Crippen LogP contribution is 2.34. The maximum atomic E-state index is 5.47. The molecular formula is C13H29NO. The molecule has 0 aromatic carbocycles. The number of ether oxygens (including phenoxy) is 1. The lowest BCUT2D eigenvalue weighted by Crippen LogP contribution is -2.36. The van der Waals surface area contributed by atoms with Crippen LogP contribution in [0.15, 0.2) is 0 Å². The lowest BCUT2D eigenvalue weighted by molar-refractivity contribution is 0.000577. The number of hydrogen-bond donors (Lipinski definition) is 1. The third-order valence-corrected chi connectivity index (χ3v) is 3.83. The Bertz CT molecular complexity index is 177. The first-order valence-electron chi connectivity index (χ1n) is 5.97. The SMILES string of the molecule is CNCC(C)(CCC(C)(C)OC)C(C)C. The third-order valence-electron chi connectivity index (χ3n) is 3.83. The minimum Gasteiger partial charge on any atom is -0.379 e. The van der Waals surface area contributed by atoms with Crippen LogP contribution in [0.2, 0.25) is 0 Å². The molecule has 0 aliphatic heterocycles. The van der Waals surface area contributed by atoms with Gasteiger partial charge in [-0.15, -0.1) is 0 Å². The molecule has 92 valence electrons. The van der Waals surface area contributed by atoms with E-state index in [-0.39, 0.29) is 5.60 Å². The van der Waals surface area contributed by atoms with Crippen LogP contribution in [0.3, 0.4) is 0 Å². The van der Waals surface area contributed by atoms with Crippen molar-refractivity contribution in [3.8, 4) is 0 Å². The molecule has 2 heteroatoms. The van der Waals surface area contributed by atoms with Gasteiger partial charge in [0.05, 0.1) is 5.60 Å². The number of nitrogens with one attached hydrogen (secondary N) is 1. The van der Waals surface area contributed by atoms with Crippen LogP contribution in [-0.4, -0.2) is 26.3 Å². The van der Waals surface area contributed by atoms with E-state index >= 15 is 0 Å². The van der Waals surface area contributed by atoms with Crippen LogP contribution >= 0.6 is 0 Å². The summed E-state index contributed by atoms with van der Waals surface area (Å²) in [6.07, 6.45) is 2.31. The van der Waals surface area contributed by atoms with Crippen LogP contribution in [0.4, 0.5) is 0 Å². The van der Waals surface area contributed by atoms with Gasteiger partial charge in [0.2, 0.25) is 0 Å². The average molecular weight is 215 g/mol. The zero-order valence-corrected chi connectivity index (χ0v) is 11.6. The number of rotatable bonds is 7. The number of hydrogen-bond acceptors (Lipinski definition) is 2. The van der Waals surface area contributed by atoms with Crippen LogP contribution in [0, 0.1) is 11.3 Å². The molecule has 0 aromatic rings. The zero-order chi connectivity index (χ0) is 12.1. The van der Waals surface area contributed by atoms with Crippen molar-refractivity contribution in [1.82, 2.24) is 5.32 Å². The Morgan fingerprint density at radius 2 is 1.67 bits per heavy atom. The van der Waals surface area contributed by atoms with E-state index in [0.717, 1.165) is 13.0 Å². The van der Waals surface area contributed by atoms with E-state index < -0.39 is 0 Å². The van der Waals surface area contributed by atoms with Gasteiger partial charge in [0.15, 0.2) is 0 Å². The topological polar surface area (TPSA) is 21.3 Å². The summed E-state index contributed by atoms with van der Waals surface area (Å²) in [5.74, 6) is 0.692. The second-order valence-corrected chi connectivity index (χ2v) is 5.80. The maximum Gasteiger partial charge on any atom is 0.0623 e. The summed E-state index contributed by atoms with van der Waals surface area (Å²) >= 11 is 0. The Morgan fingerprint density at radius 3 is 2.00 bits per heavy atom. The summed E-state index contributed by atoms with van der Waals surface area (Å²) in [7, 11) is 3.83. The standard InChI is InChI=1S/C13H29NO/c1-11(2)13(5,10-14-6)9-8-12(3,4)15-7/h11,14H,8-10H2,1-7H3. The van der Waals surface area contributed by atoms with Crippen LogP contribution in [0.25, 0.3) is 0 Å². The molecule has 0 bridgehead atoms. The molecule has 0 aliphatic rings. The van der Waals surface area contributed by atoms with Crippen molar-refractivity contribution >= 4 is 0 Å². The van der Waals surface area contributed by atoms with Gasteiger partial charge in [-0.25, -0.2) is 0 Å². The smallest absolute Gasteiger partial charge is 0.0623 e. The zero-order valence-electron chi connectivity index (χ0n) is 11.6. The minimum absolute atomic E-state index is 0.00386. The molecule has 0 saturated heterocycles. The van der Waals surface area contributed by atoms with Gasteiger partial charge in [-0.2, -0.15) is 0 Å². The summed E-state index contributed by atoms with van der Waals surface area (Å²) in [5, 5.41) is 3.30. The molecule has 0 amide bonds. The molecule has 1 unspecified atom stereocenters. The molecule has 0 saturated carbocycles. The summed E-state index contributed by atoms with van der Waals surface area (Å²) in [6.45, 7) is 12.4. The molecule has 0 aromatic heterocycles. The van der Waals surface area contributed by atoms with Gasteiger partial charge in [0, 0.05) is 13.7 Å². The molecule has 0 aliphatic carbocycles. The molecule has 1 N–H and O–H groups in total. The Hall–Kier alpha value is -0.0800. The second-order valence-electron chi connectivity index (χ2n) is 5.80. The van der Waals surface area contributed by atoms with Gasteiger partial charge >= 0.3 is 0 Å². The van der Waals surface area contributed by atoms with Crippen LogP contribution in [0.1, 0.15) is 47.5 Å². The van der Waals surface area contributed by atoms with Crippen molar-refractivity contribution in [3.05, 3.63) is 0 Å². The highest BCUT2D eigenvalue weighted by molar-refractivity contribution is 4.82. The summed E-state index contributed by atoms with van der Waals surface area (Å²) in [5.41, 5.74) is 0.369. The predicted molar refractivity (Wildman–Crippen MR) is 67.2 cm³/mol. The van der Waals surface area contributed by atoms with Crippen LogP contribution in [-0.2, 0) is 4.74 Å². The Labute approximate surface area is 95.8 Å². The fourth-order valence-electron chi connectivity index (χ4n) is 1.67. The fourth-order valence-corrected chi connectivity index (χ4v) is 1.67. The van der Waals surface area contributed by atoms with E-state index in [4.69, 9.17) is 4.74 Å². The van der Waals surface area contributed by atoms with E-state index in [1.54, 1.807) is 7.11 Å². The first kappa shape index (κ1) is 14.9. The van der Waals surface area contributed by atoms with Gasteiger partial charge in [-0.1, -0.05) is 20.8 Å².